The zero-order valence-corrected chi connectivity index (χ0v) is 22.5. The van der Waals surface area contributed by atoms with Crippen LogP contribution in [0.4, 0.5) is 11.4 Å². The van der Waals surface area contributed by atoms with Crippen LogP contribution < -0.4 is 10.2 Å². The van der Waals surface area contributed by atoms with Crippen LogP contribution >= 0.6 is 23.2 Å². The number of ether oxygens (including phenoxy) is 1. The average Bonchev–Trinajstić information content (AvgIpc) is 2.94. The van der Waals surface area contributed by atoms with E-state index in [1.807, 2.05) is 91.9 Å². The molecule has 0 spiro atoms. The van der Waals surface area contributed by atoms with Crippen molar-refractivity contribution in [1.29, 1.82) is 0 Å². The second-order valence-corrected chi connectivity index (χ2v) is 9.94. The minimum absolute atomic E-state index is 0.0975. The zero-order valence-electron chi connectivity index (χ0n) is 21.0. The first-order valence-corrected chi connectivity index (χ1v) is 13.4. The van der Waals surface area contributed by atoms with Gasteiger partial charge in [-0.25, -0.2) is 4.79 Å². The number of halogens is 2. The first-order valence-electron chi connectivity index (χ1n) is 12.6. The number of carbonyl (C=O) groups excluding carboxylic acids is 1. The van der Waals surface area contributed by atoms with E-state index in [1.165, 1.54) is 0 Å². The van der Waals surface area contributed by atoms with Gasteiger partial charge in [0.05, 0.1) is 24.3 Å². The van der Waals surface area contributed by atoms with E-state index >= 15 is 0 Å². The summed E-state index contributed by atoms with van der Waals surface area (Å²) < 4.78 is 5.66. The largest absolute Gasteiger partial charge is 0.463 e. The van der Waals surface area contributed by atoms with Gasteiger partial charge in [-0.2, -0.15) is 0 Å². The summed E-state index contributed by atoms with van der Waals surface area (Å²) in [5.41, 5.74) is 5.32. The molecule has 2 atom stereocenters. The van der Waals surface area contributed by atoms with Gasteiger partial charge in [0.1, 0.15) is 0 Å². The number of anilines is 2. The molecule has 0 aromatic heterocycles. The standard InChI is InChI=1S/C32H28Cl2N2O2/c1-2-38-32(37)30-28(35-26-9-5-3-6-10-26)21-29(22-13-17-24(33)18-14-22)36(27-11-7-4-8-12-27)31(30)23-15-19-25(34)20-16-23/h3-20,29,31,35H,2,21H2,1H3/t29-,31+/m1/s1. The molecular weight excluding hydrogens is 515 g/mol. The fourth-order valence-corrected chi connectivity index (χ4v) is 5.26. The van der Waals surface area contributed by atoms with Gasteiger partial charge in [-0.05, 0) is 66.6 Å². The van der Waals surface area contributed by atoms with E-state index in [4.69, 9.17) is 27.9 Å². The van der Waals surface area contributed by atoms with Crippen molar-refractivity contribution < 1.29 is 9.53 Å². The summed E-state index contributed by atoms with van der Waals surface area (Å²) in [6.45, 7) is 2.11. The lowest BCUT2D eigenvalue weighted by molar-refractivity contribution is -0.139. The van der Waals surface area contributed by atoms with E-state index < -0.39 is 6.04 Å². The van der Waals surface area contributed by atoms with Crippen molar-refractivity contribution in [3.63, 3.8) is 0 Å². The van der Waals surface area contributed by atoms with Crippen molar-refractivity contribution in [3.05, 3.63) is 142 Å². The van der Waals surface area contributed by atoms with E-state index in [-0.39, 0.29) is 18.6 Å². The molecule has 0 bridgehead atoms. The van der Waals surface area contributed by atoms with Gasteiger partial charge in [-0.1, -0.05) is 83.9 Å². The van der Waals surface area contributed by atoms with E-state index in [0.717, 1.165) is 28.2 Å². The minimum atomic E-state index is -0.436. The van der Waals surface area contributed by atoms with Crippen LogP contribution in [-0.2, 0) is 9.53 Å². The Balaban J connectivity index is 1.77. The molecule has 1 aliphatic heterocycles. The summed E-state index contributed by atoms with van der Waals surface area (Å²) in [5.74, 6) is -0.346. The normalized spacial score (nSPS) is 17.3. The molecule has 4 aromatic rings. The van der Waals surface area contributed by atoms with Gasteiger partial charge in [0.15, 0.2) is 0 Å². The highest BCUT2D eigenvalue weighted by Crippen LogP contribution is 2.48. The topological polar surface area (TPSA) is 41.6 Å². The minimum Gasteiger partial charge on any atom is -0.463 e. The van der Waals surface area contributed by atoms with Crippen molar-refractivity contribution in [2.75, 3.05) is 16.8 Å². The Morgan fingerprint density at radius 1 is 0.816 bits per heavy atom. The molecule has 0 aliphatic carbocycles. The molecule has 0 radical (unpaired) electrons. The molecule has 4 nitrogen and oxygen atoms in total. The van der Waals surface area contributed by atoms with E-state index in [9.17, 15) is 4.79 Å². The van der Waals surface area contributed by atoms with Crippen LogP contribution in [0.3, 0.4) is 0 Å². The van der Waals surface area contributed by atoms with Crippen molar-refractivity contribution in [2.45, 2.75) is 25.4 Å². The molecular formula is C32H28Cl2N2O2. The molecule has 5 rings (SSSR count). The Hall–Kier alpha value is -3.73. The van der Waals surface area contributed by atoms with E-state index in [1.54, 1.807) is 0 Å². The van der Waals surface area contributed by atoms with Gasteiger partial charge in [-0.15, -0.1) is 0 Å². The summed E-state index contributed by atoms with van der Waals surface area (Å²) in [4.78, 5) is 16.0. The van der Waals surface area contributed by atoms with Gasteiger partial charge in [0, 0.05) is 33.5 Å². The maximum absolute atomic E-state index is 13.7. The Morgan fingerprint density at radius 2 is 1.37 bits per heavy atom. The highest BCUT2D eigenvalue weighted by atomic mass is 35.5. The Morgan fingerprint density at radius 3 is 1.95 bits per heavy atom. The quantitative estimate of drug-likeness (QED) is 0.237. The van der Waals surface area contributed by atoms with Crippen molar-refractivity contribution in [1.82, 2.24) is 0 Å². The number of nitrogens with one attached hydrogen (secondary N) is 1. The first-order chi connectivity index (χ1) is 18.5. The number of rotatable bonds is 7. The summed E-state index contributed by atoms with van der Waals surface area (Å²) in [7, 11) is 0. The lowest BCUT2D eigenvalue weighted by Gasteiger charge is -2.46. The highest BCUT2D eigenvalue weighted by molar-refractivity contribution is 6.30. The number of benzene rings is 4. The predicted octanol–water partition coefficient (Wildman–Crippen LogP) is 8.62. The van der Waals surface area contributed by atoms with Crippen molar-refractivity contribution in [2.24, 2.45) is 0 Å². The molecule has 1 N–H and O–H groups in total. The first kappa shape index (κ1) is 25.9. The summed E-state index contributed by atoms with van der Waals surface area (Å²) in [6, 6.07) is 35.1. The molecule has 6 heteroatoms. The third-order valence-electron chi connectivity index (χ3n) is 6.67. The molecule has 0 unspecified atom stereocenters. The van der Waals surface area contributed by atoms with Crippen molar-refractivity contribution >= 4 is 40.5 Å². The molecule has 0 amide bonds. The van der Waals surface area contributed by atoms with Gasteiger partial charge in [0.25, 0.3) is 0 Å². The average molecular weight is 543 g/mol. The second-order valence-electron chi connectivity index (χ2n) is 9.07. The van der Waals surface area contributed by atoms with Crippen LogP contribution in [0, 0.1) is 0 Å². The molecule has 0 saturated heterocycles. The third kappa shape index (κ3) is 5.57. The van der Waals surface area contributed by atoms with Crippen LogP contribution in [0.15, 0.2) is 120 Å². The monoisotopic (exact) mass is 542 g/mol. The summed E-state index contributed by atoms with van der Waals surface area (Å²) in [6.07, 6.45) is 0.559. The third-order valence-corrected chi connectivity index (χ3v) is 7.17. The fourth-order valence-electron chi connectivity index (χ4n) is 5.01. The van der Waals surface area contributed by atoms with Gasteiger partial charge >= 0.3 is 5.97 Å². The number of esters is 1. The number of para-hydroxylation sites is 2. The van der Waals surface area contributed by atoms with Crippen LogP contribution in [0.5, 0.6) is 0 Å². The maximum atomic E-state index is 13.7. The van der Waals surface area contributed by atoms with Gasteiger partial charge in [0.2, 0.25) is 0 Å². The number of carbonyl (C=O) groups is 1. The Labute approximate surface area is 233 Å². The number of nitrogens with zero attached hydrogens (tertiary/aromatic N) is 1. The van der Waals surface area contributed by atoms with Crippen LogP contribution in [0.1, 0.15) is 36.6 Å². The van der Waals surface area contributed by atoms with E-state index in [0.29, 0.717) is 22.0 Å². The lowest BCUT2D eigenvalue weighted by Crippen LogP contribution is -2.41. The van der Waals surface area contributed by atoms with Crippen LogP contribution in [0.2, 0.25) is 10.0 Å². The predicted molar refractivity (Wildman–Crippen MR) is 156 cm³/mol. The summed E-state index contributed by atoms with van der Waals surface area (Å²) >= 11 is 12.6. The number of hydrogen-bond donors (Lipinski definition) is 1. The van der Waals surface area contributed by atoms with Crippen molar-refractivity contribution in [3.8, 4) is 0 Å². The van der Waals surface area contributed by atoms with Crippen LogP contribution in [-0.4, -0.2) is 12.6 Å². The molecule has 4 aromatic carbocycles. The number of hydrogen-bond acceptors (Lipinski definition) is 4. The van der Waals surface area contributed by atoms with Gasteiger partial charge in [-0.3, -0.25) is 0 Å². The van der Waals surface area contributed by atoms with E-state index in [2.05, 4.69) is 34.5 Å². The molecule has 1 heterocycles. The summed E-state index contributed by atoms with van der Waals surface area (Å²) in [5, 5.41) is 4.87. The second kappa shape index (κ2) is 11.8. The molecule has 1 aliphatic rings. The smallest absolute Gasteiger partial charge is 0.338 e. The molecule has 38 heavy (non-hydrogen) atoms. The molecule has 0 fully saturated rings. The Kier molecular flexibility index (Phi) is 8.02. The van der Waals surface area contributed by atoms with Crippen LogP contribution in [0.25, 0.3) is 0 Å². The zero-order chi connectivity index (χ0) is 26.5. The Bertz CT molecular complexity index is 1410. The molecule has 0 saturated carbocycles. The fraction of sp³-hybridized carbons (Fsp3) is 0.156. The SMILES string of the molecule is CCOC(=O)C1=C(Nc2ccccc2)C[C@H](c2ccc(Cl)cc2)N(c2ccccc2)[C@H]1c1ccc(Cl)cc1. The highest BCUT2D eigenvalue weighted by Gasteiger charge is 2.41. The maximum Gasteiger partial charge on any atom is 0.338 e. The lowest BCUT2D eigenvalue weighted by atomic mass is 9.84. The van der Waals surface area contributed by atoms with Gasteiger partial charge < -0.3 is 15.0 Å². The molecule has 192 valence electrons.